The fourth-order valence-electron chi connectivity index (χ4n) is 0.851. The minimum atomic E-state index is -1.42. The summed E-state index contributed by atoms with van der Waals surface area (Å²) in [4.78, 5) is 10.2. The minimum Gasteiger partial charge on any atom is -0.504 e. The highest BCUT2D eigenvalue weighted by atomic mass is 16.8. The number of benzene rings is 1. The molecule has 102 valence electrons. The number of aldehydes is 1. The predicted octanol–water partition coefficient (Wildman–Crippen LogP) is 1.16. The summed E-state index contributed by atoms with van der Waals surface area (Å²) >= 11 is 0. The summed E-state index contributed by atoms with van der Waals surface area (Å²) in [5, 5.41) is 17.8. The standard InChI is InChI=1S/C8H8O3.C4H10O3/c1-11-8-4-6(5-9)2-3-7(8)10;1-4(5,6-2)7-3/h2-5,10H,1H3;5H,1-3H3. The second-order valence-corrected chi connectivity index (χ2v) is 3.36. The summed E-state index contributed by atoms with van der Waals surface area (Å²) in [7, 11) is 4.16. The Kier molecular flexibility index (Phi) is 6.96. The average molecular weight is 258 g/mol. The summed E-state index contributed by atoms with van der Waals surface area (Å²) in [5.74, 6) is -1.06. The molecule has 0 fully saturated rings. The van der Waals surface area contributed by atoms with Crippen molar-refractivity contribution in [2.45, 2.75) is 12.9 Å². The van der Waals surface area contributed by atoms with E-state index in [0.717, 1.165) is 0 Å². The first-order chi connectivity index (χ1) is 8.40. The van der Waals surface area contributed by atoms with Crippen molar-refractivity contribution in [1.82, 2.24) is 0 Å². The van der Waals surface area contributed by atoms with Crippen molar-refractivity contribution in [1.29, 1.82) is 0 Å². The molecule has 0 bridgehead atoms. The van der Waals surface area contributed by atoms with Gasteiger partial charge in [-0.15, -0.1) is 0 Å². The van der Waals surface area contributed by atoms with E-state index < -0.39 is 5.97 Å². The lowest BCUT2D eigenvalue weighted by molar-refractivity contribution is -0.326. The molecule has 1 aromatic rings. The van der Waals surface area contributed by atoms with Crippen molar-refractivity contribution in [2.75, 3.05) is 21.3 Å². The second-order valence-electron chi connectivity index (χ2n) is 3.36. The predicted molar refractivity (Wildman–Crippen MR) is 64.7 cm³/mol. The van der Waals surface area contributed by atoms with Crippen molar-refractivity contribution >= 4 is 6.29 Å². The van der Waals surface area contributed by atoms with Gasteiger partial charge in [-0.2, -0.15) is 0 Å². The molecular formula is C12H18O6. The third-order valence-electron chi connectivity index (χ3n) is 2.10. The number of carbonyl (C=O) groups is 1. The van der Waals surface area contributed by atoms with Crippen LogP contribution < -0.4 is 4.74 Å². The Morgan fingerprint density at radius 1 is 1.22 bits per heavy atom. The molecule has 0 radical (unpaired) electrons. The van der Waals surface area contributed by atoms with E-state index in [1.165, 1.54) is 46.5 Å². The van der Waals surface area contributed by atoms with Gasteiger partial charge in [-0.25, -0.2) is 0 Å². The third-order valence-corrected chi connectivity index (χ3v) is 2.10. The van der Waals surface area contributed by atoms with Gasteiger partial charge in [0, 0.05) is 26.7 Å². The summed E-state index contributed by atoms with van der Waals surface area (Å²) < 4.78 is 13.6. The SMILES string of the molecule is COC(C)(O)OC.COc1cc(C=O)ccc1O. The Morgan fingerprint density at radius 3 is 2.11 bits per heavy atom. The van der Waals surface area contributed by atoms with Gasteiger partial charge in [0.05, 0.1) is 7.11 Å². The van der Waals surface area contributed by atoms with Crippen LogP contribution in [-0.4, -0.2) is 43.8 Å². The van der Waals surface area contributed by atoms with Gasteiger partial charge in [-0.05, 0) is 18.2 Å². The molecule has 6 nitrogen and oxygen atoms in total. The van der Waals surface area contributed by atoms with Crippen LogP contribution in [0.2, 0.25) is 0 Å². The van der Waals surface area contributed by atoms with E-state index in [1.807, 2.05) is 0 Å². The molecular weight excluding hydrogens is 240 g/mol. The number of carbonyl (C=O) groups excluding carboxylic acids is 1. The lowest BCUT2D eigenvalue weighted by atomic mass is 10.2. The molecule has 18 heavy (non-hydrogen) atoms. The summed E-state index contributed by atoms with van der Waals surface area (Å²) in [6.07, 6.45) is 0.696. The number of rotatable bonds is 4. The number of hydrogen-bond donors (Lipinski definition) is 2. The second kappa shape index (κ2) is 7.65. The zero-order valence-electron chi connectivity index (χ0n) is 10.8. The summed E-state index contributed by atoms with van der Waals surface area (Å²) in [6.45, 7) is 1.41. The summed E-state index contributed by atoms with van der Waals surface area (Å²) in [6, 6.07) is 4.41. The van der Waals surface area contributed by atoms with Crippen molar-refractivity contribution < 1.29 is 29.2 Å². The number of methoxy groups -OCH3 is 3. The molecule has 1 aromatic carbocycles. The molecule has 1 rings (SSSR count). The molecule has 0 aliphatic carbocycles. The Balaban J connectivity index is 0.000000360. The molecule has 0 atom stereocenters. The lowest BCUT2D eigenvalue weighted by Crippen LogP contribution is -2.28. The zero-order chi connectivity index (χ0) is 14.2. The van der Waals surface area contributed by atoms with Gasteiger partial charge in [0.1, 0.15) is 6.29 Å². The Bertz CT molecular complexity index is 369. The molecule has 0 unspecified atom stereocenters. The largest absolute Gasteiger partial charge is 0.504 e. The topological polar surface area (TPSA) is 85.2 Å². The van der Waals surface area contributed by atoms with E-state index in [0.29, 0.717) is 17.6 Å². The first-order valence-electron chi connectivity index (χ1n) is 5.05. The molecule has 0 aliphatic rings. The minimum absolute atomic E-state index is 0.0399. The fourth-order valence-corrected chi connectivity index (χ4v) is 0.851. The van der Waals surface area contributed by atoms with Crippen LogP contribution in [0.4, 0.5) is 0 Å². The number of aromatic hydroxyl groups is 1. The van der Waals surface area contributed by atoms with Gasteiger partial charge in [-0.1, -0.05) is 0 Å². The van der Waals surface area contributed by atoms with Gasteiger partial charge in [0.15, 0.2) is 11.5 Å². The number of ether oxygens (including phenoxy) is 3. The first-order valence-corrected chi connectivity index (χ1v) is 5.05. The van der Waals surface area contributed by atoms with Crippen LogP contribution in [0.5, 0.6) is 11.5 Å². The lowest BCUT2D eigenvalue weighted by Gasteiger charge is -2.17. The molecule has 0 saturated heterocycles. The van der Waals surface area contributed by atoms with Crippen molar-refractivity contribution in [3.05, 3.63) is 23.8 Å². The van der Waals surface area contributed by atoms with Gasteiger partial charge >= 0.3 is 0 Å². The normalized spacial score (nSPS) is 10.3. The van der Waals surface area contributed by atoms with Gasteiger partial charge in [-0.3, -0.25) is 4.79 Å². The Hall–Kier alpha value is -1.63. The molecule has 0 aliphatic heterocycles. The first kappa shape index (κ1) is 16.4. The highest BCUT2D eigenvalue weighted by Gasteiger charge is 2.15. The van der Waals surface area contributed by atoms with Crippen LogP contribution in [0.25, 0.3) is 0 Å². The van der Waals surface area contributed by atoms with E-state index in [1.54, 1.807) is 0 Å². The van der Waals surface area contributed by atoms with E-state index in [9.17, 15) is 4.79 Å². The maximum absolute atomic E-state index is 10.2. The highest BCUT2D eigenvalue weighted by molar-refractivity contribution is 5.76. The molecule has 6 heteroatoms. The van der Waals surface area contributed by atoms with Crippen molar-refractivity contribution in [3.63, 3.8) is 0 Å². The number of phenolic OH excluding ortho intramolecular Hbond substituents is 1. The summed E-state index contributed by atoms with van der Waals surface area (Å²) in [5.41, 5.74) is 0.486. The van der Waals surface area contributed by atoms with Crippen molar-refractivity contribution in [3.8, 4) is 11.5 Å². The number of aliphatic hydroxyl groups is 1. The van der Waals surface area contributed by atoms with E-state index in [-0.39, 0.29) is 5.75 Å². The average Bonchev–Trinajstić information content (AvgIpc) is 2.40. The molecule has 0 spiro atoms. The van der Waals surface area contributed by atoms with E-state index >= 15 is 0 Å². The maximum atomic E-state index is 10.2. The van der Waals surface area contributed by atoms with Crippen LogP contribution in [-0.2, 0) is 9.47 Å². The molecule has 0 aromatic heterocycles. The van der Waals surface area contributed by atoms with Crippen LogP contribution in [0.15, 0.2) is 18.2 Å². The molecule has 0 saturated carbocycles. The monoisotopic (exact) mass is 258 g/mol. The molecule has 0 amide bonds. The Morgan fingerprint density at radius 2 is 1.78 bits per heavy atom. The van der Waals surface area contributed by atoms with Gasteiger partial charge < -0.3 is 24.4 Å². The quantitative estimate of drug-likeness (QED) is 0.622. The molecule has 0 heterocycles. The van der Waals surface area contributed by atoms with Crippen LogP contribution in [0.1, 0.15) is 17.3 Å². The maximum Gasteiger partial charge on any atom is 0.276 e. The van der Waals surface area contributed by atoms with Gasteiger partial charge in [0.2, 0.25) is 0 Å². The fraction of sp³-hybridized carbons (Fsp3) is 0.417. The zero-order valence-corrected chi connectivity index (χ0v) is 10.8. The third kappa shape index (κ3) is 5.62. The van der Waals surface area contributed by atoms with Crippen molar-refractivity contribution in [2.24, 2.45) is 0 Å². The van der Waals surface area contributed by atoms with Crippen LogP contribution in [0, 0.1) is 0 Å². The van der Waals surface area contributed by atoms with Crippen LogP contribution >= 0.6 is 0 Å². The highest BCUT2D eigenvalue weighted by Crippen LogP contribution is 2.25. The van der Waals surface area contributed by atoms with E-state index in [4.69, 9.17) is 14.9 Å². The smallest absolute Gasteiger partial charge is 0.276 e. The van der Waals surface area contributed by atoms with Crippen LogP contribution in [0.3, 0.4) is 0 Å². The Labute approximate surface area is 106 Å². The number of hydrogen-bond acceptors (Lipinski definition) is 6. The number of phenols is 1. The van der Waals surface area contributed by atoms with Gasteiger partial charge in [0.25, 0.3) is 5.97 Å². The van der Waals surface area contributed by atoms with E-state index in [2.05, 4.69) is 9.47 Å². The molecule has 2 N–H and O–H groups in total.